The number of halogens is 1. The second kappa shape index (κ2) is 6.95. The molecule has 4 heteroatoms. The standard InChI is InChI=1S/C19H14ClN3/c20-18-7-3-14(4-8-18)11-17(12-19-22-9-10-23-19)16-5-1-15(13-21)2-6-16/h1-11H,12H2,(H,22,23)/b17-11-. The summed E-state index contributed by atoms with van der Waals surface area (Å²) < 4.78 is 0. The molecule has 112 valence electrons. The number of imidazole rings is 1. The van der Waals surface area contributed by atoms with Crippen LogP contribution in [0.3, 0.4) is 0 Å². The van der Waals surface area contributed by atoms with Crippen molar-refractivity contribution in [2.24, 2.45) is 0 Å². The number of hydrogen-bond acceptors (Lipinski definition) is 2. The van der Waals surface area contributed by atoms with Gasteiger partial charge in [0.25, 0.3) is 0 Å². The number of aromatic amines is 1. The highest BCUT2D eigenvalue weighted by Crippen LogP contribution is 2.23. The predicted octanol–water partition coefficient (Wildman–Crippen LogP) is 4.72. The highest BCUT2D eigenvalue weighted by molar-refractivity contribution is 6.30. The van der Waals surface area contributed by atoms with Crippen molar-refractivity contribution < 1.29 is 0 Å². The van der Waals surface area contributed by atoms with E-state index in [4.69, 9.17) is 16.9 Å². The van der Waals surface area contributed by atoms with Crippen molar-refractivity contribution in [1.29, 1.82) is 5.26 Å². The number of rotatable bonds is 4. The van der Waals surface area contributed by atoms with Crippen LogP contribution in [0.4, 0.5) is 0 Å². The van der Waals surface area contributed by atoms with Crippen LogP contribution in [0.1, 0.15) is 22.5 Å². The van der Waals surface area contributed by atoms with Crippen LogP contribution in [-0.4, -0.2) is 9.97 Å². The van der Waals surface area contributed by atoms with E-state index in [-0.39, 0.29) is 0 Å². The van der Waals surface area contributed by atoms with Crippen LogP contribution in [-0.2, 0) is 6.42 Å². The zero-order chi connectivity index (χ0) is 16.1. The third-order valence-corrected chi connectivity index (χ3v) is 3.76. The van der Waals surface area contributed by atoms with Gasteiger partial charge in [-0.15, -0.1) is 0 Å². The number of nitrogens with one attached hydrogen (secondary N) is 1. The third kappa shape index (κ3) is 3.88. The van der Waals surface area contributed by atoms with E-state index >= 15 is 0 Å². The van der Waals surface area contributed by atoms with Crippen molar-refractivity contribution in [3.05, 3.63) is 88.5 Å². The lowest BCUT2D eigenvalue weighted by Gasteiger charge is -2.07. The van der Waals surface area contributed by atoms with Gasteiger partial charge in [-0.2, -0.15) is 5.26 Å². The first-order chi connectivity index (χ1) is 11.2. The van der Waals surface area contributed by atoms with Crippen molar-refractivity contribution in [1.82, 2.24) is 9.97 Å². The minimum absolute atomic E-state index is 0.651. The molecule has 3 nitrogen and oxygen atoms in total. The minimum Gasteiger partial charge on any atom is -0.348 e. The molecule has 2 aromatic carbocycles. The van der Waals surface area contributed by atoms with Gasteiger partial charge in [-0.05, 0) is 41.0 Å². The molecule has 0 aliphatic heterocycles. The summed E-state index contributed by atoms with van der Waals surface area (Å²) in [4.78, 5) is 7.43. The van der Waals surface area contributed by atoms with Crippen molar-refractivity contribution in [3.8, 4) is 6.07 Å². The Balaban J connectivity index is 1.98. The maximum atomic E-state index is 8.94. The van der Waals surface area contributed by atoms with E-state index in [0.29, 0.717) is 17.0 Å². The van der Waals surface area contributed by atoms with Gasteiger partial charge >= 0.3 is 0 Å². The summed E-state index contributed by atoms with van der Waals surface area (Å²) in [6, 6.07) is 17.4. The fraction of sp³-hybridized carbons (Fsp3) is 0.0526. The lowest BCUT2D eigenvalue weighted by Crippen LogP contribution is -1.94. The molecule has 0 unspecified atom stereocenters. The Morgan fingerprint density at radius 1 is 1.13 bits per heavy atom. The number of benzene rings is 2. The zero-order valence-electron chi connectivity index (χ0n) is 12.3. The molecular formula is C19H14ClN3. The topological polar surface area (TPSA) is 52.5 Å². The molecule has 0 aliphatic rings. The molecule has 0 saturated heterocycles. The van der Waals surface area contributed by atoms with E-state index in [9.17, 15) is 0 Å². The number of allylic oxidation sites excluding steroid dienone is 1. The molecule has 1 N–H and O–H groups in total. The van der Waals surface area contributed by atoms with Crippen LogP contribution < -0.4 is 0 Å². The summed E-state index contributed by atoms with van der Waals surface area (Å²) in [6.07, 6.45) is 6.35. The summed E-state index contributed by atoms with van der Waals surface area (Å²) in [5, 5.41) is 9.66. The number of nitriles is 1. The maximum Gasteiger partial charge on any atom is 0.110 e. The summed E-state index contributed by atoms with van der Waals surface area (Å²) in [5.41, 5.74) is 3.90. The third-order valence-electron chi connectivity index (χ3n) is 3.51. The molecule has 0 saturated carbocycles. The van der Waals surface area contributed by atoms with Gasteiger partial charge in [-0.25, -0.2) is 4.98 Å². The fourth-order valence-electron chi connectivity index (χ4n) is 2.33. The first-order valence-electron chi connectivity index (χ1n) is 7.19. The van der Waals surface area contributed by atoms with Crippen molar-refractivity contribution >= 4 is 23.3 Å². The predicted molar refractivity (Wildman–Crippen MR) is 92.8 cm³/mol. The minimum atomic E-state index is 0.651. The molecule has 23 heavy (non-hydrogen) atoms. The molecule has 1 aromatic heterocycles. The van der Waals surface area contributed by atoms with E-state index in [1.54, 1.807) is 6.20 Å². The van der Waals surface area contributed by atoms with Crippen LogP contribution in [0.15, 0.2) is 60.9 Å². The van der Waals surface area contributed by atoms with Crippen LogP contribution >= 0.6 is 11.6 Å². The van der Waals surface area contributed by atoms with Gasteiger partial charge in [0.15, 0.2) is 0 Å². The van der Waals surface area contributed by atoms with E-state index in [1.165, 1.54) is 0 Å². The van der Waals surface area contributed by atoms with Crippen molar-refractivity contribution in [3.63, 3.8) is 0 Å². The van der Waals surface area contributed by atoms with Crippen LogP contribution in [0, 0.1) is 11.3 Å². The second-order valence-electron chi connectivity index (χ2n) is 5.12. The Labute approximate surface area is 139 Å². The number of H-pyrrole nitrogens is 1. The van der Waals surface area contributed by atoms with Crippen molar-refractivity contribution in [2.45, 2.75) is 6.42 Å². The molecular weight excluding hydrogens is 306 g/mol. The van der Waals surface area contributed by atoms with Gasteiger partial charge in [0, 0.05) is 23.8 Å². The molecule has 3 rings (SSSR count). The maximum absolute atomic E-state index is 8.94. The molecule has 0 spiro atoms. The molecule has 0 bridgehead atoms. The van der Waals surface area contributed by atoms with Crippen LogP contribution in [0.25, 0.3) is 11.6 Å². The molecule has 1 heterocycles. The van der Waals surface area contributed by atoms with E-state index in [2.05, 4.69) is 22.1 Å². The van der Waals surface area contributed by atoms with Crippen LogP contribution in [0.2, 0.25) is 5.02 Å². The highest BCUT2D eigenvalue weighted by Gasteiger charge is 2.06. The Bertz CT molecular complexity index is 839. The molecule has 0 amide bonds. The van der Waals surface area contributed by atoms with E-state index in [0.717, 1.165) is 22.5 Å². The molecule has 0 fully saturated rings. The number of aromatic nitrogens is 2. The van der Waals surface area contributed by atoms with E-state index < -0.39 is 0 Å². The molecule has 3 aromatic rings. The lowest BCUT2D eigenvalue weighted by atomic mass is 9.98. The Kier molecular flexibility index (Phi) is 4.56. The van der Waals surface area contributed by atoms with Gasteiger partial charge < -0.3 is 4.98 Å². The first-order valence-corrected chi connectivity index (χ1v) is 7.57. The van der Waals surface area contributed by atoms with Gasteiger partial charge in [0.2, 0.25) is 0 Å². The summed E-state index contributed by atoms with van der Waals surface area (Å²) in [5.74, 6) is 0.898. The zero-order valence-corrected chi connectivity index (χ0v) is 13.1. The summed E-state index contributed by atoms with van der Waals surface area (Å²) in [7, 11) is 0. The first kappa shape index (κ1) is 15.1. The number of nitrogens with zero attached hydrogens (tertiary/aromatic N) is 2. The number of hydrogen-bond donors (Lipinski definition) is 1. The molecule has 0 radical (unpaired) electrons. The summed E-state index contributed by atoms with van der Waals surface area (Å²) >= 11 is 5.95. The normalized spacial score (nSPS) is 11.2. The second-order valence-corrected chi connectivity index (χ2v) is 5.56. The fourth-order valence-corrected chi connectivity index (χ4v) is 2.46. The Morgan fingerprint density at radius 2 is 1.87 bits per heavy atom. The Morgan fingerprint density at radius 3 is 2.48 bits per heavy atom. The molecule has 0 atom stereocenters. The monoisotopic (exact) mass is 319 g/mol. The lowest BCUT2D eigenvalue weighted by molar-refractivity contribution is 1.07. The van der Waals surface area contributed by atoms with E-state index in [1.807, 2.05) is 54.7 Å². The van der Waals surface area contributed by atoms with Gasteiger partial charge in [0.1, 0.15) is 5.82 Å². The van der Waals surface area contributed by atoms with Crippen molar-refractivity contribution in [2.75, 3.05) is 0 Å². The highest BCUT2D eigenvalue weighted by atomic mass is 35.5. The smallest absolute Gasteiger partial charge is 0.110 e. The van der Waals surface area contributed by atoms with Crippen LogP contribution in [0.5, 0.6) is 0 Å². The quantitative estimate of drug-likeness (QED) is 0.707. The average Bonchev–Trinajstić information content (AvgIpc) is 3.09. The summed E-state index contributed by atoms with van der Waals surface area (Å²) in [6.45, 7) is 0. The van der Waals surface area contributed by atoms with Gasteiger partial charge in [-0.1, -0.05) is 41.9 Å². The van der Waals surface area contributed by atoms with Gasteiger partial charge in [-0.3, -0.25) is 0 Å². The largest absolute Gasteiger partial charge is 0.348 e. The molecule has 0 aliphatic carbocycles. The average molecular weight is 320 g/mol. The SMILES string of the molecule is N#Cc1ccc(/C(=C\c2ccc(Cl)cc2)Cc2ncc[nH]2)cc1. The Hall–Kier alpha value is -2.83. The van der Waals surface area contributed by atoms with Gasteiger partial charge in [0.05, 0.1) is 11.6 Å².